The second kappa shape index (κ2) is 6.08. The number of hydrogen-bond donors (Lipinski definition) is 1. The fourth-order valence-electron chi connectivity index (χ4n) is 2.86. The van der Waals surface area contributed by atoms with Gasteiger partial charge in [0.15, 0.2) is 11.5 Å². The SMILES string of the molecule is Cc1nc2c(F)cc(NC(=O)c3cnc(N4CCCC4)cn3)cn2n1. The van der Waals surface area contributed by atoms with Gasteiger partial charge in [-0.2, -0.15) is 5.10 Å². The second-order valence-corrected chi connectivity index (χ2v) is 5.91. The zero-order valence-electron chi connectivity index (χ0n) is 13.6. The van der Waals surface area contributed by atoms with Crippen molar-refractivity contribution in [1.29, 1.82) is 0 Å². The fraction of sp³-hybridized carbons (Fsp3) is 0.312. The van der Waals surface area contributed by atoms with Gasteiger partial charge in [-0.25, -0.2) is 23.9 Å². The number of amides is 1. The van der Waals surface area contributed by atoms with E-state index in [-0.39, 0.29) is 17.0 Å². The summed E-state index contributed by atoms with van der Waals surface area (Å²) in [5.74, 6) is 0.190. The van der Waals surface area contributed by atoms with Gasteiger partial charge < -0.3 is 10.2 Å². The molecule has 0 aromatic carbocycles. The zero-order chi connectivity index (χ0) is 17.4. The average molecular weight is 341 g/mol. The van der Waals surface area contributed by atoms with E-state index in [2.05, 4.69) is 30.3 Å². The van der Waals surface area contributed by atoms with Gasteiger partial charge in [-0.15, -0.1) is 0 Å². The van der Waals surface area contributed by atoms with Gasteiger partial charge in [0.05, 0.1) is 24.3 Å². The molecular weight excluding hydrogens is 325 g/mol. The lowest BCUT2D eigenvalue weighted by Crippen LogP contribution is -2.20. The van der Waals surface area contributed by atoms with E-state index in [9.17, 15) is 9.18 Å². The molecule has 4 heterocycles. The van der Waals surface area contributed by atoms with Crippen molar-refractivity contribution in [2.24, 2.45) is 0 Å². The van der Waals surface area contributed by atoms with Crippen LogP contribution in [0.2, 0.25) is 0 Å². The maximum absolute atomic E-state index is 14.0. The second-order valence-electron chi connectivity index (χ2n) is 5.91. The Morgan fingerprint density at radius 3 is 2.76 bits per heavy atom. The molecule has 0 unspecified atom stereocenters. The predicted octanol–water partition coefficient (Wildman–Crippen LogP) is 1.82. The summed E-state index contributed by atoms with van der Waals surface area (Å²) in [5.41, 5.74) is 0.550. The number of fused-ring (bicyclic) bond motifs is 1. The first-order chi connectivity index (χ1) is 12.1. The number of aromatic nitrogens is 5. The minimum atomic E-state index is -0.561. The molecule has 9 heteroatoms. The first-order valence-electron chi connectivity index (χ1n) is 8.01. The summed E-state index contributed by atoms with van der Waals surface area (Å²) >= 11 is 0. The summed E-state index contributed by atoms with van der Waals surface area (Å²) in [6, 6.07) is 1.20. The van der Waals surface area contributed by atoms with Crippen molar-refractivity contribution in [1.82, 2.24) is 24.6 Å². The Labute approximate surface area is 142 Å². The predicted molar refractivity (Wildman–Crippen MR) is 89.1 cm³/mol. The summed E-state index contributed by atoms with van der Waals surface area (Å²) in [6.07, 6.45) is 6.80. The van der Waals surface area contributed by atoms with E-state index in [1.54, 1.807) is 13.1 Å². The van der Waals surface area contributed by atoms with Crippen molar-refractivity contribution >= 4 is 23.1 Å². The Balaban J connectivity index is 1.53. The molecule has 8 nitrogen and oxygen atoms in total. The highest BCUT2D eigenvalue weighted by atomic mass is 19.1. The Hall–Kier alpha value is -3.10. The van der Waals surface area contributed by atoms with Crippen molar-refractivity contribution in [2.75, 3.05) is 23.3 Å². The highest BCUT2D eigenvalue weighted by Crippen LogP contribution is 2.17. The van der Waals surface area contributed by atoms with Gasteiger partial charge in [0.1, 0.15) is 17.3 Å². The molecule has 0 saturated carbocycles. The number of anilines is 2. The minimum Gasteiger partial charge on any atom is -0.355 e. The lowest BCUT2D eigenvalue weighted by Gasteiger charge is -2.15. The van der Waals surface area contributed by atoms with E-state index < -0.39 is 11.7 Å². The van der Waals surface area contributed by atoms with E-state index in [1.807, 2.05) is 0 Å². The number of nitrogens with one attached hydrogen (secondary N) is 1. The molecule has 1 amide bonds. The third kappa shape index (κ3) is 3.00. The highest BCUT2D eigenvalue weighted by molar-refractivity contribution is 6.02. The van der Waals surface area contributed by atoms with E-state index in [0.717, 1.165) is 31.7 Å². The van der Waals surface area contributed by atoms with Crippen LogP contribution in [0.25, 0.3) is 5.65 Å². The molecule has 1 saturated heterocycles. The van der Waals surface area contributed by atoms with Crippen molar-refractivity contribution in [3.63, 3.8) is 0 Å². The molecule has 1 aliphatic heterocycles. The number of aryl methyl sites for hydroxylation is 1. The molecule has 0 spiro atoms. The van der Waals surface area contributed by atoms with Crippen molar-refractivity contribution < 1.29 is 9.18 Å². The lowest BCUT2D eigenvalue weighted by atomic mass is 10.3. The molecule has 1 aliphatic rings. The molecule has 0 atom stereocenters. The van der Waals surface area contributed by atoms with E-state index in [0.29, 0.717) is 5.82 Å². The number of carbonyl (C=O) groups is 1. The van der Waals surface area contributed by atoms with Gasteiger partial charge in [-0.3, -0.25) is 4.79 Å². The van der Waals surface area contributed by atoms with Gasteiger partial charge in [0.2, 0.25) is 0 Å². The molecule has 4 rings (SSSR count). The zero-order valence-corrected chi connectivity index (χ0v) is 13.6. The molecule has 1 fully saturated rings. The summed E-state index contributed by atoms with van der Waals surface area (Å²) in [4.78, 5) is 26.9. The summed E-state index contributed by atoms with van der Waals surface area (Å²) in [5, 5.41) is 6.66. The van der Waals surface area contributed by atoms with Crippen LogP contribution in [0, 0.1) is 12.7 Å². The monoisotopic (exact) mass is 341 g/mol. The average Bonchev–Trinajstić information content (AvgIpc) is 3.24. The normalized spacial score (nSPS) is 14.2. The van der Waals surface area contributed by atoms with Crippen LogP contribution in [-0.2, 0) is 0 Å². The first-order valence-corrected chi connectivity index (χ1v) is 8.01. The summed E-state index contributed by atoms with van der Waals surface area (Å²) in [7, 11) is 0. The molecule has 1 N–H and O–H groups in total. The van der Waals surface area contributed by atoms with Crippen LogP contribution in [0.15, 0.2) is 24.7 Å². The van der Waals surface area contributed by atoms with Crippen LogP contribution < -0.4 is 10.2 Å². The molecule has 3 aromatic rings. The van der Waals surface area contributed by atoms with Gasteiger partial charge in [0, 0.05) is 19.2 Å². The van der Waals surface area contributed by atoms with Crippen LogP contribution >= 0.6 is 0 Å². The van der Waals surface area contributed by atoms with Crippen LogP contribution in [0.5, 0.6) is 0 Å². The summed E-state index contributed by atoms with van der Waals surface area (Å²) in [6.45, 7) is 3.58. The highest BCUT2D eigenvalue weighted by Gasteiger charge is 2.16. The quantitative estimate of drug-likeness (QED) is 0.782. The Kier molecular flexibility index (Phi) is 3.75. The molecule has 0 bridgehead atoms. The third-order valence-corrected chi connectivity index (χ3v) is 4.05. The Morgan fingerprint density at radius 2 is 2.04 bits per heavy atom. The number of nitrogens with zero attached hydrogens (tertiary/aromatic N) is 6. The molecule has 128 valence electrons. The first kappa shape index (κ1) is 15.4. The lowest BCUT2D eigenvalue weighted by molar-refractivity contribution is 0.102. The van der Waals surface area contributed by atoms with Crippen molar-refractivity contribution in [3.05, 3.63) is 42.0 Å². The number of pyridine rings is 1. The molecular formula is C16H16FN7O. The number of hydrogen-bond acceptors (Lipinski definition) is 6. The number of halogens is 1. The van der Waals surface area contributed by atoms with Gasteiger partial charge >= 0.3 is 0 Å². The standard InChI is InChI=1S/C16H16FN7O/c1-10-20-15-12(17)6-11(9-24(15)22-10)21-16(25)13-7-19-14(8-18-13)23-4-2-3-5-23/h6-9H,2-5H2,1H3,(H,21,25). The van der Waals surface area contributed by atoms with Crippen LogP contribution in [0.3, 0.4) is 0 Å². The minimum absolute atomic E-state index is 0.116. The van der Waals surface area contributed by atoms with Crippen molar-refractivity contribution in [2.45, 2.75) is 19.8 Å². The molecule has 0 aliphatic carbocycles. The van der Waals surface area contributed by atoms with E-state index in [4.69, 9.17) is 0 Å². The largest absolute Gasteiger partial charge is 0.355 e. The summed E-state index contributed by atoms with van der Waals surface area (Å²) < 4.78 is 15.3. The molecule has 3 aromatic heterocycles. The Bertz CT molecular complexity index is 932. The molecule has 25 heavy (non-hydrogen) atoms. The number of rotatable bonds is 3. The van der Waals surface area contributed by atoms with Crippen LogP contribution in [0.1, 0.15) is 29.2 Å². The third-order valence-electron chi connectivity index (χ3n) is 4.05. The smallest absolute Gasteiger partial charge is 0.275 e. The van der Waals surface area contributed by atoms with Gasteiger partial charge in [-0.1, -0.05) is 0 Å². The molecule has 0 radical (unpaired) electrons. The Morgan fingerprint density at radius 1 is 1.24 bits per heavy atom. The van der Waals surface area contributed by atoms with E-state index in [1.165, 1.54) is 23.0 Å². The van der Waals surface area contributed by atoms with Crippen LogP contribution in [0.4, 0.5) is 15.9 Å². The van der Waals surface area contributed by atoms with Crippen LogP contribution in [-0.4, -0.2) is 43.6 Å². The van der Waals surface area contributed by atoms with Crippen molar-refractivity contribution in [3.8, 4) is 0 Å². The van der Waals surface area contributed by atoms with Gasteiger partial charge in [-0.05, 0) is 19.8 Å². The van der Waals surface area contributed by atoms with E-state index >= 15 is 0 Å². The number of carbonyl (C=O) groups excluding carboxylic acids is 1. The fourth-order valence-corrected chi connectivity index (χ4v) is 2.86. The maximum Gasteiger partial charge on any atom is 0.275 e. The topological polar surface area (TPSA) is 88.3 Å². The maximum atomic E-state index is 14.0. The van der Waals surface area contributed by atoms with Gasteiger partial charge in [0.25, 0.3) is 5.91 Å².